The van der Waals surface area contributed by atoms with Crippen molar-refractivity contribution in [3.63, 3.8) is 0 Å². The second-order valence-electron chi connectivity index (χ2n) is 8.39. The van der Waals surface area contributed by atoms with Crippen molar-refractivity contribution in [2.45, 2.75) is 76.0 Å². The van der Waals surface area contributed by atoms with Gasteiger partial charge >= 0.3 is 0 Å². The standard InChI is InChI=1S/C22H31ClN4O/c1-2-3-4-5-12-26-15-22(28)21(27-14-19(24-25-27)16-6-7-16)13-20(26)17-8-10-18(23)11-9-17/h8-11,14,16,20-22,28H,2-7,12-13,15H2,1H3/t20-,21-,22-/m0/s1. The fraction of sp³-hybridized carbons (Fsp3) is 0.636. The molecule has 2 fully saturated rings. The SMILES string of the molecule is CCCCCCN1C[C@H](O)[C@@H](n2cc(C3CC3)nn2)C[C@H]1c1ccc(Cl)cc1. The first-order valence-electron chi connectivity index (χ1n) is 10.7. The molecule has 6 heteroatoms. The second-order valence-corrected chi connectivity index (χ2v) is 8.83. The van der Waals surface area contributed by atoms with Gasteiger partial charge in [-0.15, -0.1) is 5.10 Å². The summed E-state index contributed by atoms with van der Waals surface area (Å²) in [5.74, 6) is 0.580. The van der Waals surface area contributed by atoms with Gasteiger partial charge in [-0.1, -0.05) is 55.1 Å². The Hall–Kier alpha value is -1.43. The maximum absolute atomic E-state index is 10.9. The number of rotatable bonds is 8. The zero-order valence-corrected chi connectivity index (χ0v) is 17.4. The molecule has 2 aliphatic rings. The van der Waals surface area contributed by atoms with Crippen LogP contribution in [0.3, 0.4) is 0 Å². The summed E-state index contributed by atoms with van der Waals surface area (Å²) in [6, 6.07) is 8.41. The van der Waals surface area contributed by atoms with Crippen LogP contribution in [0.1, 0.15) is 81.1 Å². The summed E-state index contributed by atoms with van der Waals surface area (Å²) in [6.45, 7) is 3.92. The number of aliphatic hydroxyl groups excluding tert-OH is 1. The first-order valence-corrected chi connectivity index (χ1v) is 11.1. The lowest BCUT2D eigenvalue weighted by atomic mass is 9.89. The van der Waals surface area contributed by atoms with Crippen LogP contribution >= 0.6 is 11.6 Å². The van der Waals surface area contributed by atoms with Crippen LogP contribution in [-0.4, -0.2) is 44.2 Å². The number of aromatic nitrogens is 3. The van der Waals surface area contributed by atoms with E-state index in [4.69, 9.17) is 11.6 Å². The number of likely N-dealkylation sites (tertiary alicyclic amines) is 1. The van der Waals surface area contributed by atoms with E-state index in [1.54, 1.807) is 0 Å². The second kappa shape index (κ2) is 8.93. The number of hydrogen-bond donors (Lipinski definition) is 1. The Labute approximate surface area is 172 Å². The molecule has 2 aromatic rings. The molecule has 0 bridgehead atoms. The van der Waals surface area contributed by atoms with Crippen molar-refractivity contribution in [3.05, 3.63) is 46.7 Å². The van der Waals surface area contributed by atoms with Crippen LogP contribution in [0.25, 0.3) is 0 Å². The Morgan fingerprint density at radius 3 is 2.64 bits per heavy atom. The van der Waals surface area contributed by atoms with E-state index in [1.807, 2.05) is 16.8 Å². The van der Waals surface area contributed by atoms with Gasteiger partial charge in [0.2, 0.25) is 0 Å². The zero-order valence-electron chi connectivity index (χ0n) is 16.7. The fourth-order valence-electron chi connectivity index (χ4n) is 4.35. The van der Waals surface area contributed by atoms with E-state index in [-0.39, 0.29) is 12.1 Å². The topological polar surface area (TPSA) is 54.2 Å². The van der Waals surface area contributed by atoms with Gasteiger partial charge in [0.25, 0.3) is 0 Å². The predicted octanol–water partition coefficient (Wildman–Crippen LogP) is 4.74. The number of aliphatic hydroxyl groups is 1. The molecule has 4 rings (SSSR count). The summed E-state index contributed by atoms with van der Waals surface area (Å²) in [7, 11) is 0. The van der Waals surface area contributed by atoms with Crippen molar-refractivity contribution >= 4 is 11.6 Å². The van der Waals surface area contributed by atoms with E-state index in [0.717, 1.165) is 23.7 Å². The Morgan fingerprint density at radius 1 is 1.14 bits per heavy atom. The molecular weight excluding hydrogens is 372 g/mol. The lowest BCUT2D eigenvalue weighted by Crippen LogP contribution is -2.46. The first kappa shape index (κ1) is 19.9. The van der Waals surface area contributed by atoms with Crippen molar-refractivity contribution in [2.24, 2.45) is 0 Å². The zero-order chi connectivity index (χ0) is 19.5. The number of β-amino-alcohol motifs (C(OH)–C–C–N with tert-alkyl or cyclic N) is 1. The number of nitrogens with zero attached hydrogens (tertiary/aromatic N) is 4. The van der Waals surface area contributed by atoms with Gasteiger partial charge in [-0.3, -0.25) is 4.90 Å². The highest BCUT2D eigenvalue weighted by Gasteiger charge is 2.37. The van der Waals surface area contributed by atoms with Gasteiger partial charge < -0.3 is 5.11 Å². The molecule has 0 unspecified atom stereocenters. The van der Waals surface area contributed by atoms with Crippen molar-refractivity contribution in [1.82, 2.24) is 19.9 Å². The van der Waals surface area contributed by atoms with E-state index in [2.05, 4.69) is 40.5 Å². The van der Waals surface area contributed by atoms with Crippen LogP contribution in [0, 0.1) is 0 Å². The molecule has 28 heavy (non-hydrogen) atoms. The summed E-state index contributed by atoms with van der Waals surface area (Å²) in [5, 5.41) is 20.4. The molecule has 0 spiro atoms. The molecule has 1 saturated heterocycles. The van der Waals surface area contributed by atoms with E-state index < -0.39 is 6.10 Å². The average molecular weight is 403 g/mol. The summed E-state index contributed by atoms with van der Waals surface area (Å²) < 4.78 is 1.91. The third-order valence-electron chi connectivity index (χ3n) is 6.19. The molecule has 2 heterocycles. The number of piperidine rings is 1. The van der Waals surface area contributed by atoms with E-state index in [1.165, 1.54) is 44.1 Å². The summed E-state index contributed by atoms with van der Waals surface area (Å²) in [4.78, 5) is 2.44. The number of hydrogen-bond acceptors (Lipinski definition) is 4. The molecule has 1 saturated carbocycles. The van der Waals surface area contributed by atoms with Gasteiger partial charge in [-0.2, -0.15) is 0 Å². The van der Waals surface area contributed by atoms with Crippen LogP contribution in [0.5, 0.6) is 0 Å². The molecule has 3 atom stereocenters. The summed E-state index contributed by atoms with van der Waals surface area (Å²) in [6.07, 6.45) is 9.82. The highest BCUT2D eigenvalue weighted by molar-refractivity contribution is 6.30. The van der Waals surface area contributed by atoms with Crippen LogP contribution in [0.15, 0.2) is 30.5 Å². The Balaban J connectivity index is 1.52. The third kappa shape index (κ3) is 4.58. The van der Waals surface area contributed by atoms with Crippen molar-refractivity contribution in [3.8, 4) is 0 Å². The van der Waals surface area contributed by atoms with Crippen molar-refractivity contribution < 1.29 is 5.11 Å². The van der Waals surface area contributed by atoms with Crippen LogP contribution in [0.2, 0.25) is 5.02 Å². The smallest absolute Gasteiger partial charge is 0.0892 e. The minimum absolute atomic E-state index is 0.0347. The molecule has 1 N–H and O–H groups in total. The largest absolute Gasteiger partial charge is 0.390 e. The fourth-order valence-corrected chi connectivity index (χ4v) is 4.47. The molecule has 152 valence electrons. The van der Waals surface area contributed by atoms with Gasteiger partial charge in [0.1, 0.15) is 0 Å². The normalized spacial score (nSPS) is 25.9. The monoisotopic (exact) mass is 402 g/mol. The number of unbranched alkanes of at least 4 members (excludes halogenated alkanes) is 3. The van der Waals surface area contributed by atoms with Crippen LogP contribution < -0.4 is 0 Å². The minimum Gasteiger partial charge on any atom is -0.390 e. The highest BCUT2D eigenvalue weighted by atomic mass is 35.5. The Kier molecular flexibility index (Phi) is 6.34. The van der Waals surface area contributed by atoms with Gasteiger partial charge in [0, 0.05) is 29.7 Å². The average Bonchev–Trinajstić information content (AvgIpc) is 3.44. The molecule has 1 aromatic heterocycles. The summed E-state index contributed by atoms with van der Waals surface area (Å²) >= 11 is 6.12. The van der Waals surface area contributed by atoms with Crippen molar-refractivity contribution in [1.29, 1.82) is 0 Å². The highest BCUT2D eigenvalue weighted by Crippen LogP contribution is 2.41. The molecule has 1 aliphatic carbocycles. The molecule has 1 aromatic carbocycles. The van der Waals surface area contributed by atoms with Crippen LogP contribution in [-0.2, 0) is 0 Å². The molecule has 0 radical (unpaired) electrons. The molecule has 0 amide bonds. The minimum atomic E-state index is -0.427. The Morgan fingerprint density at radius 2 is 1.93 bits per heavy atom. The quantitative estimate of drug-likeness (QED) is 0.648. The maximum atomic E-state index is 10.9. The number of benzene rings is 1. The molecular formula is C22H31ClN4O. The summed E-state index contributed by atoms with van der Waals surface area (Å²) in [5.41, 5.74) is 2.34. The third-order valence-corrected chi connectivity index (χ3v) is 6.44. The van der Waals surface area contributed by atoms with Crippen molar-refractivity contribution in [2.75, 3.05) is 13.1 Å². The Bertz CT molecular complexity index is 758. The van der Waals surface area contributed by atoms with E-state index in [9.17, 15) is 5.11 Å². The van der Waals surface area contributed by atoms with Crippen LogP contribution in [0.4, 0.5) is 0 Å². The lowest BCUT2D eigenvalue weighted by molar-refractivity contribution is -0.0102. The van der Waals surface area contributed by atoms with Gasteiger partial charge in [-0.05, 0) is 49.9 Å². The first-order chi connectivity index (χ1) is 13.7. The molecule has 1 aliphatic heterocycles. The van der Waals surface area contributed by atoms with E-state index >= 15 is 0 Å². The van der Waals surface area contributed by atoms with E-state index in [0.29, 0.717) is 12.5 Å². The lowest BCUT2D eigenvalue weighted by Gasteiger charge is -2.42. The van der Waals surface area contributed by atoms with Gasteiger partial charge in [0.05, 0.1) is 17.8 Å². The van der Waals surface area contributed by atoms with Gasteiger partial charge in [0.15, 0.2) is 0 Å². The number of halogens is 1. The van der Waals surface area contributed by atoms with Gasteiger partial charge in [-0.25, -0.2) is 4.68 Å². The maximum Gasteiger partial charge on any atom is 0.0892 e. The molecule has 5 nitrogen and oxygen atoms in total. The predicted molar refractivity (Wildman–Crippen MR) is 112 cm³/mol.